The number of likely N-dealkylation sites (tertiary alicyclic amines) is 1. The first kappa shape index (κ1) is 24.2. The van der Waals surface area contributed by atoms with Crippen LogP contribution in [0.15, 0.2) is 10.6 Å². The highest BCUT2D eigenvalue weighted by Crippen LogP contribution is 2.53. The van der Waals surface area contributed by atoms with E-state index < -0.39 is 5.97 Å². The van der Waals surface area contributed by atoms with E-state index >= 15 is 0 Å². The normalized spacial score (nSPS) is 36.8. The lowest BCUT2D eigenvalue weighted by atomic mass is 9.73. The molecule has 182 valence electrons. The van der Waals surface area contributed by atoms with Gasteiger partial charge >= 0.3 is 5.97 Å². The van der Waals surface area contributed by atoms with Gasteiger partial charge in [-0.3, -0.25) is 9.59 Å². The molecular formula is C22H33N5O5S. The molecule has 0 spiro atoms. The van der Waals surface area contributed by atoms with Crippen molar-refractivity contribution in [1.29, 1.82) is 0 Å². The second kappa shape index (κ2) is 9.01. The Morgan fingerprint density at radius 3 is 2.45 bits per heavy atom. The summed E-state index contributed by atoms with van der Waals surface area (Å²) >= 11 is 1.46. The van der Waals surface area contributed by atoms with Gasteiger partial charge in [0.2, 0.25) is 11.8 Å². The maximum Gasteiger partial charge on any atom is 0.353 e. The number of hydrogen-bond donors (Lipinski definition) is 4. The van der Waals surface area contributed by atoms with Crippen LogP contribution in [0.1, 0.15) is 33.6 Å². The lowest BCUT2D eigenvalue weighted by Gasteiger charge is -2.47. The van der Waals surface area contributed by atoms with Crippen LogP contribution in [0.4, 0.5) is 0 Å². The fourth-order valence-corrected chi connectivity index (χ4v) is 7.24. The zero-order chi connectivity index (χ0) is 24.2. The summed E-state index contributed by atoms with van der Waals surface area (Å²) in [5.74, 6) is -1.95. The van der Waals surface area contributed by atoms with Gasteiger partial charge in [-0.05, 0) is 19.3 Å². The number of amides is 2. The summed E-state index contributed by atoms with van der Waals surface area (Å²) in [5.41, 5.74) is 11.9. The van der Waals surface area contributed by atoms with Crippen molar-refractivity contribution in [2.45, 2.75) is 63.0 Å². The van der Waals surface area contributed by atoms with Gasteiger partial charge in [0.05, 0.1) is 18.0 Å². The van der Waals surface area contributed by atoms with Crippen LogP contribution in [0.3, 0.4) is 0 Å². The number of β-lactam (4-membered cyclic amide) rings is 1. The van der Waals surface area contributed by atoms with Crippen molar-refractivity contribution in [2.75, 3.05) is 19.6 Å². The molecule has 33 heavy (non-hydrogen) atoms. The molecule has 3 fully saturated rings. The first-order chi connectivity index (χ1) is 15.5. The van der Waals surface area contributed by atoms with E-state index in [1.165, 1.54) is 23.6 Å². The number of carbonyl (C=O) groups excluding carboxylic acids is 3. The molecule has 0 aromatic rings. The predicted octanol–water partition coefficient (Wildman–Crippen LogP) is -0.665. The van der Waals surface area contributed by atoms with Crippen molar-refractivity contribution in [3.05, 3.63) is 10.6 Å². The molecule has 4 heterocycles. The fourth-order valence-electron chi connectivity index (χ4n) is 5.76. The SMILES string of the molecule is CC(=O)C[C@H](C)[C@H]1C(=O)N2C(C(=O)O)=C(S[C@@H]3CN[C@H](C(=O)N4C[C@H](N)[C@@H](N)C4)C3)[C@H](C)[C@H]12. The van der Waals surface area contributed by atoms with Crippen LogP contribution in [0.2, 0.25) is 0 Å². The molecule has 0 aliphatic carbocycles. The number of nitrogens with one attached hydrogen (secondary N) is 1. The monoisotopic (exact) mass is 479 g/mol. The van der Waals surface area contributed by atoms with E-state index in [0.29, 0.717) is 37.4 Å². The van der Waals surface area contributed by atoms with Crippen LogP contribution < -0.4 is 16.8 Å². The number of ketones is 1. The number of thioether (sulfide) groups is 1. The molecule has 0 aromatic carbocycles. The Balaban J connectivity index is 1.45. The fraction of sp³-hybridized carbons (Fsp3) is 0.727. The third kappa shape index (κ3) is 4.20. The highest BCUT2D eigenvalue weighted by atomic mass is 32.2. The number of hydrogen-bond acceptors (Lipinski definition) is 8. The zero-order valence-corrected chi connectivity index (χ0v) is 20.0. The van der Waals surface area contributed by atoms with Gasteiger partial charge in [-0.2, -0.15) is 0 Å². The molecule has 0 saturated carbocycles. The molecule has 10 nitrogen and oxygen atoms in total. The molecule has 6 N–H and O–H groups in total. The highest BCUT2D eigenvalue weighted by Gasteiger charge is 2.60. The Hall–Kier alpha value is -1.95. The van der Waals surface area contributed by atoms with Crippen molar-refractivity contribution >= 4 is 35.3 Å². The van der Waals surface area contributed by atoms with E-state index in [2.05, 4.69) is 5.32 Å². The summed E-state index contributed by atoms with van der Waals surface area (Å²) in [5, 5.41) is 13.2. The van der Waals surface area contributed by atoms with Crippen LogP contribution in [0.5, 0.6) is 0 Å². The van der Waals surface area contributed by atoms with Crippen LogP contribution in [0.25, 0.3) is 0 Å². The minimum Gasteiger partial charge on any atom is -0.477 e. The molecule has 8 atom stereocenters. The molecule has 4 rings (SSSR count). The number of Topliss-reactive ketones (excluding diaryl/α,β-unsaturated/α-hetero) is 1. The maximum atomic E-state index is 12.9. The molecule has 4 aliphatic heterocycles. The minimum atomic E-state index is -1.11. The molecule has 0 radical (unpaired) electrons. The van der Waals surface area contributed by atoms with Gasteiger partial charge in [0.1, 0.15) is 11.5 Å². The standard InChI is InChI=1S/C22H33N5O5S/c1-9(4-10(2)28)16-17-11(3)19(18(22(31)32)27(17)21(16)30)33-12-5-15(25-6-12)20(29)26-7-13(23)14(24)8-26/h9,11-17,25H,4-8,23-24H2,1-3H3,(H,31,32)/t9-,11+,12-,13-,14-,15-,16+,17+/m0/s1. The number of nitrogens with two attached hydrogens (primary N) is 2. The van der Waals surface area contributed by atoms with Crippen molar-refractivity contribution in [2.24, 2.45) is 29.2 Å². The molecule has 0 bridgehead atoms. The Morgan fingerprint density at radius 1 is 1.24 bits per heavy atom. The Labute approximate surface area is 197 Å². The molecular weight excluding hydrogens is 446 g/mol. The van der Waals surface area contributed by atoms with E-state index in [-0.39, 0.29) is 70.5 Å². The van der Waals surface area contributed by atoms with Gasteiger partial charge in [0.15, 0.2) is 0 Å². The van der Waals surface area contributed by atoms with E-state index in [1.54, 1.807) is 4.90 Å². The van der Waals surface area contributed by atoms with E-state index in [9.17, 15) is 24.3 Å². The number of carbonyl (C=O) groups is 4. The highest BCUT2D eigenvalue weighted by molar-refractivity contribution is 8.03. The minimum absolute atomic E-state index is 0.0117. The summed E-state index contributed by atoms with van der Waals surface area (Å²) in [7, 11) is 0. The predicted molar refractivity (Wildman–Crippen MR) is 123 cm³/mol. The second-order valence-corrected chi connectivity index (χ2v) is 11.3. The summed E-state index contributed by atoms with van der Waals surface area (Å²) in [6, 6.07) is -1.03. The van der Waals surface area contributed by atoms with Crippen molar-refractivity contribution in [3.63, 3.8) is 0 Å². The van der Waals surface area contributed by atoms with Crippen LogP contribution in [-0.2, 0) is 19.2 Å². The van der Waals surface area contributed by atoms with Crippen LogP contribution >= 0.6 is 11.8 Å². The topological polar surface area (TPSA) is 159 Å². The number of rotatable bonds is 7. The van der Waals surface area contributed by atoms with E-state index in [4.69, 9.17) is 11.5 Å². The second-order valence-electron chi connectivity index (χ2n) is 9.92. The Morgan fingerprint density at radius 2 is 1.88 bits per heavy atom. The van der Waals surface area contributed by atoms with Gasteiger partial charge in [-0.15, -0.1) is 11.8 Å². The quantitative estimate of drug-likeness (QED) is 0.348. The zero-order valence-electron chi connectivity index (χ0n) is 19.2. The van der Waals surface area contributed by atoms with Crippen LogP contribution in [0, 0.1) is 17.8 Å². The number of nitrogens with zero attached hydrogens (tertiary/aromatic N) is 2. The third-order valence-electron chi connectivity index (χ3n) is 7.42. The number of fused-ring (bicyclic) bond motifs is 1. The lowest BCUT2D eigenvalue weighted by molar-refractivity contribution is -0.160. The Kier molecular flexibility index (Phi) is 6.60. The summed E-state index contributed by atoms with van der Waals surface area (Å²) in [6.45, 7) is 6.80. The number of carboxylic acids is 1. The van der Waals surface area contributed by atoms with Gasteiger partial charge in [0.25, 0.3) is 0 Å². The van der Waals surface area contributed by atoms with Gasteiger partial charge in [-0.25, -0.2) is 4.79 Å². The van der Waals surface area contributed by atoms with Gasteiger partial charge < -0.3 is 36.5 Å². The summed E-state index contributed by atoms with van der Waals surface area (Å²) in [4.78, 5) is 53.2. The Bertz CT molecular complexity index is 900. The molecule has 0 unspecified atom stereocenters. The van der Waals surface area contributed by atoms with Crippen molar-refractivity contribution < 1.29 is 24.3 Å². The van der Waals surface area contributed by atoms with Crippen molar-refractivity contribution in [1.82, 2.24) is 15.1 Å². The molecule has 3 saturated heterocycles. The molecule has 11 heteroatoms. The number of carboxylic acid groups (broad SMARTS) is 1. The van der Waals surface area contributed by atoms with Crippen LogP contribution in [-0.4, -0.2) is 87.5 Å². The first-order valence-electron chi connectivity index (χ1n) is 11.5. The average molecular weight is 480 g/mol. The smallest absolute Gasteiger partial charge is 0.353 e. The van der Waals surface area contributed by atoms with Crippen molar-refractivity contribution in [3.8, 4) is 0 Å². The third-order valence-corrected chi connectivity index (χ3v) is 8.93. The average Bonchev–Trinajstić information content (AvgIpc) is 3.38. The summed E-state index contributed by atoms with van der Waals surface area (Å²) < 4.78 is 0. The molecule has 0 aromatic heterocycles. The van der Waals surface area contributed by atoms with E-state index in [0.717, 1.165) is 0 Å². The van der Waals surface area contributed by atoms with Gasteiger partial charge in [-0.1, -0.05) is 13.8 Å². The molecule has 2 amide bonds. The maximum absolute atomic E-state index is 12.9. The number of aliphatic carboxylic acids is 1. The van der Waals surface area contributed by atoms with E-state index in [1.807, 2.05) is 13.8 Å². The lowest BCUT2D eigenvalue weighted by Crippen LogP contribution is -2.62. The molecule has 4 aliphatic rings. The van der Waals surface area contributed by atoms with Gasteiger partial charge in [0, 0.05) is 54.2 Å². The first-order valence-corrected chi connectivity index (χ1v) is 12.4. The summed E-state index contributed by atoms with van der Waals surface area (Å²) in [6.07, 6.45) is 0.870. The largest absolute Gasteiger partial charge is 0.477 e.